The third-order valence-corrected chi connectivity index (χ3v) is 4.55. The first-order valence-corrected chi connectivity index (χ1v) is 9.15. The molecule has 1 aliphatic rings. The zero-order chi connectivity index (χ0) is 20.2. The number of hydrogen-bond acceptors (Lipinski definition) is 4. The fraction of sp³-hybridized carbons (Fsp3) is 0.0870. The second kappa shape index (κ2) is 7.98. The summed E-state index contributed by atoms with van der Waals surface area (Å²) in [4.78, 5) is 38.2. The van der Waals surface area contributed by atoms with E-state index in [9.17, 15) is 14.4 Å². The highest BCUT2D eigenvalue weighted by Gasteiger charge is 2.31. The van der Waals surface area contributed by atoms with Gasteiger partial charge in [0.1, 0.15) is 18.0 Å². The summed E-state index contributed by atoms with van der Waals surface area (Å²) in [5, 5.41) is 2.70. The Hall–Kier alpha value is -3.93. The van der Waals surface area contributed by atoms with Gasteiger partial charge in [-0.2, -0.15) is 0 Å². The Bertz CT molecular complexity index is 1060. The van der Waals surface area contributed by atoms with Gasteiger partial charge in [-0.3, -0.25) is 19.3 Å². The van der Waals surface area contributed by atoms with E-state index in [-0.39, 0.29) is 18.9 Å². The van der Waals surface area contributed by atoms with Gasteiger partial charge in [-0.15, -0.1) is 0 Å². The summed E-state index contributed by atoms with van der Waals surface area (Å²) in [5.74, 6) is 0.0794. The first-order valence-electron chi connectivity index (χ1n) is 9.15. The van der Waals surface area contributed by atoms with Crippen molar-refractivity contribution >= 4 is 23.4 Å². The number of carbonyl (C=O) groups excluding carboxylic acids is 3. The molecule has 1 aliphatic heterocycles. The maximum Gasteiger partial charge on any atom is 0.261 e. The van der Waals surface area contributed by atoms with Crippen LogP contribution >= 0.6 is 0 Å². The van der Waals surface area contributed by atoms with Gasteiger partial charge in [-0.25, -0.2) is 0 Å². The molecule has 3 aromatic rings. The van der Waals surface area contributed by atoms with Crippen molar-refractivity contribution < 1.29 is 19.1 Å². The van der Waals surface area contributed by atoms with E-state index in [0.29, 0.717) is 28.3 Å². The van der Waals surface area contributed by atoms with Crippen LogP contribution in [-0.4, -0.2) is 29.2 Å². The van der Waals surface area contributed by atoms with E-state index in [0.717, 1.165) is 4.90 Å². The smallest absolute Gasteiger partial charge is 0.261 e. The van der Waals surface area contributed by atoms with Crippen LogP contribution in [0.2, 0.25) is 0 Å². The molecule has 3 aromatic carbocycles. The van der Waals surface area contributed by atoms with Crippen molar-refractivity contribution in [3.8, 4) is 11.5 Å². The molecule has 0 saturated heterocycles. The topological polar surface area (TPSA) is 75.7 Å². The molecule has 0 atom stereocenters. The SMILES string of the molecule is O=C(CN1C(=O)Cc2ccccc2C1=O)Nc1ccc(Oc2ccccc2)cc1. The summed E-state index contributed by atoms with van der Waals surface area (Å²) < 4.78 is 5.71. The van der Waals surface area contributed by atoms with Crippen molar-refractivity contribution in [2.75, 3.05) is 11.9 Å². The van der Waals surface area contributed by atoms with Gasteiger partial charge in [0.25, 0.3) is 5.91 Å². The highest BCUT2D eigenvalue weighted by molar-refractivity contribution is 6.12. The van der Waals surface area contributed by atoms with Gasteiger partial charge in [0.2, 0.25) is 11.8 Å². The molecular formula is C23H18N2O4. The molecule has 6 nitrogen and oxygen atoms in total. The second-order valence-electron chi connectivity index (χ2n) is 6.61. The molecule has 1 heterocycles. The third kappa shape index (κ3) is 4.16. The second-order valence-corrected chi connectivity index (χ2v) is 6.61. The van der Waals surface area contributed by atoms with E-state index in [1.807, 2.05) is 30.3 Å². The fourth-order valence-corrected chi connectivity index (χ4v) is 3.14. The maximum absolute atomic E-state index is 12.5. The van der Waals surface area contributed by atoms with Gasteiger partial charge in [0.05, 0.1) is 6.42 Å². The number of ether oxygens (including phenoxy) is 1. The summed E-state index contributed by atoms with van der Waals surface area (Å²) >= 11 is 0. The molecule has 0 radical (unpaired) electrons. The molecule has 144 valence electrons. The summed E-state index contributed by atoms with van der Waals surface area (Å²) in [7, 11) is 0. The third-order valence-electron chi connectivity index (χ3n) is 4.55. The highest BCUT2D eigenvalue weighted by atomic mass is 16.5. The van der Waals surface area contributed by atoms with Crippen molar-refractivity contribution in [1.29, 1.82) is 0 Å². The molecule has 0 bridgehead atoms. The van der Waals surface area contributed by atoms with Crippen molar-refractivity contribution in [2.45, 2.75) is 6.42 Å². The molecule has 0 unspecified atom stereocenters. The van der Waals surface area contributed by atoms with Crippen LogP contribution in [0.3, 0.4) is 0 Å². The van der Waals surface area contributed by atoms with Crippen molar-refractivity contribution in [3.63, 3.8) is 0 Å². The molecule has 0 spiro atoms. The largest absolute Gasteiger partial charge is 0.457 e. The Labute approximate surface area is 167 Å². The number of imide groups is 1. The normalized spacial score (nSPS) is 13.0. The lowest BCUT2D eigenvalue weighted by atomic mass is 9.98. The molecule has 29 heavy (non-hydrogen) atoms. The first-order chi connectivity index (χ1) is 14.1. The maximum atomic E-state index is 12.5. The van der Waals surface area contributed by atoms with Gasteiger partial charge in [-0.1, -0.05) is 36.4 Å². The van der Waals surface area contributed by atoms with Crippen molar-refractivity contribution in [3.05, 3.63) is 90.0 Å². The number of nitrogens with zero attached hydrogens (tertiary/aromatic N) is 1. The number of carbonyl (C=O) groups is 3. The van der Waals surface area contributed by atoms with E-state index in [2.05, 4.69) is 5.32 Å². The van der Waals surface area contributed by atoms with E-state index in [1.165, 1.54) is 0 Å². The summed E-state index contributed by atoms with van der Waals surface area (Å²) in [6.07, 6.45) is 0.112. The number of hydrogen-bond donors (Lipinski definition) is 1. The Morgan fingerprint density at radius 1 is 0.862 bits per heavy atom. The molecule has 0 saturated carbocycles. The lowest BCUT2D eigenvalue weighted by Crippen LogP contribution is -2.46. The van der Waals surface area contributed by atoms with Gasteiger partial charge in [0, 0.05) is 11.3 Å². The van der Waals surface area contributed by atoms with Crippen LogP contribution < -0.4 is 10.1 Å². The Kier molecular flexibility index (Phi) is 5.07. The minimum absolute atomic E-state index is 0.112. The average molecular weight is 386 g/mol. The Morgan fingerprint density at radius 3 is 2.28 bits per heavy atom. The fourth-order valence-electron chi connectivity index (χ4n) is 3.14. The predicted octanol–water partition coefficient (Wildman–Crippen LogP) is 3.64. The average Bonchev–Trinajstić information content (AvgIpc) is 2.73. The number of para-hydroxylation sites is 1. The monoisotopic (exact) mass is 386 g/mol. The van der Waals surface area contributed by atoms with Crippen molar-refractivity contribution in [1.82, 2.24) is 4.90 Å². The summed E-state index contributed by atoms with van der Waals surface area (Å²) in [6, 6.07) is 23.2. The number of nitrogens with one attached hydrogen (secondary N) is 1. The summed E-state index contributed by atoms with van der Waals surface area (Å²) in [5.41, 5.74) is 1.70. The molecule has 4 rings (SSSR count). The predicted molar refractivity (Wildman–Crippen MR) is 108 cm³/mol. The Balaban J connectivity index is 1.38. The van der Waals surface area contributed by atoms with E-state index in [1.54, 1.807) is 48.5 Å². The zero-order valence-electron chi connectivity index (χ0n) is 15.5. The molecule has 0 aliphatic carbocycles. The lowest BCUT2D eigenvalue weighted by Gasteiger charge is -2.26. The van der Waals surface area contributed by atoms with Crippen LogP contribution in [0, 0.1) is 0 Å². The van der Waals surface area contributed by atoms with Crippen LogP contribution in [0.25, 0.3) is 0 Å². The van der Waals surface area contributed by atoms with Crippen LogP contribution in [0.4, 0.5) is 5.69 Å². The quantitative estimate of drug-likeness (QED) is 0.680. The number of rotatable bonds is 5. The van der Waals surface area contributed by atoms with E-state index >= 15 is 0 Å². The first kappa shape index (κ1) is 18.4. The minimum atomic E-state index is -0.446. The molecule has 6 heteroatoms. The van der Waals surface area contributed by atoms with E-state index in [4.69, 9.17) is 4.74 Å². The number of amides is 3. The van der Waals surface area contributed by atoms with Crippen molar-refractivity contribution in [2.24, 2.45) is 0 Å². The molecular weight excluding hydrogens is 368 g/mol. The highest BCUT2D eigenvalue weighted by Crippen LogP contribution is 2.23. The van der Waals surface area contributed by atoms with Crippen LogP contribution in [-0.2, 0) is 16.0 Å². The standard InChI is InChI=1S/C23H18N2O4/c26-21(15-25-22(27)14-16-6-4-5-9-20(16)23(25)28)24-17-10-12-19(13-11-17)29-18-7-2-1-3-8-18/h1-13H,14-15H2,(H,24,26). The molecule has 3 amide bonds. The lowest BCUT2D eigenvalue weighted by molar-refractivity contribution is -0.131. The Morgan fingerprint density at radius 2 is 1.52 bits per heavy atom. The van der Waals surface area contributed by atoms with Crippen LogP contribution in [0.5, 0.6) is 11.5 Å². The van der Waals surface area contributed by atoms with Gasteiger partial charge in [0.15, 0.2) is 0 Å². The molecule has 0 fully saturated rings. The molecule has 1 N–H and O–H groups in total. The van der Waals surface area contributed by atoms with Gasteiger partial charge in [-0.05, 0) is 48.0 Å². The van der Waals surface area contributed by atoms with Gasteiger partial charge >= 0.3 is 0 Å². The van der Waals surface area contributed by atoms with E-state index < -0.39 is 11.8 Å². The summed E-state index contributed by atoms with van der Waals surface area (Å²) in [6.45, 7) is -0.325. The number of benzene rings is 3. The van der Waals surface area contributed by atoms with Gasteiger partial charge < -0.3 is 10.1 Å². The molecule has 0 aromatic heterocycles. The number of anilines is 1. The van der Waals surface area contributed by atoms with Crippen LogP contribution in [0.15, 0.2) is 78.9 Å². The van der Waals surface area contributed by atoms with Crippen LogP contribution in [0.1, 0.15) is 15.9 Å². The number of fused-ring (bicyclic) bond motifs is 1. The minimum Gasteiger partial charge on any atom is -0.457 e. The zero-order valence-corrected chi connectivity index (χ0v) is 15.5.